The molecule has 0 aromatic carbocycles. The third-order valence-corrected chi connectivity index (χ3v) is 6.29. The Hall–Kier alpha value is -0.870. The molecule has 0 amide bonds. The summed E-state index contributed by atoms with van der Waals surface area (Å²) in [6.45, 7) is 7.83. The van der Waals surface area contributed by atoms with E-state index in [1.807, 2.05) is 0 Å². The van der Waals surface area contributed by atoms with Crippen molar-refractivity contribution in [2.75, 3.05) is 19.6 Å². The van der Waals surface area contributed by atoms with Gasteiger partial charge < -0.3 is 4.74 Å². The molecule has 4 heteroatoms. The molecule has 4 fully saturated rings. The fourth-order valence-electron chi connectivity index (χ4n) is 5.42. The molecule has 1 spiro atoms. The van der Waals surface area contributed by atoms with Crippen molar-refractivity contribution in [3.8, 4) is 0 Å². The van der Waals surface area contributed by atoms with E-state index in [4.69, 9.17) is 4.74 Å². The molecule has 4 nitrogen and oxygen atoms in total. The van der Waals surface area contributed by atoms with E-state index >= 15 is 0 Å². The van der Waals surface area contributed by atoms with Gasteiger partial charge in [0, 0.05) is 24.6 Å². The molecule has 0 radical (unpaired) electrons. The van der Waals surface area contributed by atoms with Gasteiger partial charge in [-0.05, 0) is 44.5 Å². The first-order valence-corrected chi connectivity index (χ1v) is 8.63. The Bertz CT molecular complexity index is 485. The maximum absolute atomic E-state index is 12.0. The molecule has 1 saturated carbocycles. The van der Waals surface area contributed by atoms with Crippen LogP contribution in [0.1, 0.15) is 46.0 Å². The molecule has 4 heterocycles. The van der Waals surface area contributed by atoms with E-state index in [1.54, 1.807) is 6.08 Å². The molecule has 0 unspecified atom stereocenters. The van der Waals surface area contributed by atoms with Crippen LogP contribution in [0.5, 0.6) is 0 Å². The van der Waals surface area contributed by atoms with E-state index in [0.717, 1.165) is 25.9 Å². The molecule has 5 rings (SSSR count). The summed E-state index contributed by atoms with van der Waals surface area (Å²) in [5.41, 5.74) is 1.00. The zero-order valence-corrected chi connectivity index (χ0v) is 13.2. The van der Waals surface area contributed by atoms with Crippen molar-refractivity contribution in [2.24, 2.45) is 0 Å². The number of esters is 1. The normalized spacial score (nSPS) is 41.8. The van der Waals surface area contributed by atoms with Gasteiger partial charge in [-0.25, -0.2) is 4.79 Å². The van der Waals surface area contributed by atoms with Gasteiger partial charge in [-0.15, -0.1) is 0 Å². The summed E-state index contributed by atoms with van der Waals surface area (Å²) in [6.07, 6.45) is 7.60. The summed E-state index contributed by atoms with van der Waals surface area (Å²) in [6, 6.07) is 1.56. The molecule has 5 aliphatic rings. The average molecular weight is 290 g/mol. The zero-order chi connectivity index (χ0) is 14.6. The Morgan fingerprint density at radius 2 is 2.19 bits per heavy atom. The SMILES string of the molecule is CCN(CC)[C@@H]1C[C@@]23OC(=O)C=C2C[C@@H]1N1CCCC[C@H]13. The molecule has 3 saturated heterocycles. The number of rotatable bonds is 3. The standard InChI is InChI=1S/C17H26N2O2/c1-3-18(4-2)14-11-17-12(10-16(20)21-17)9-13(14)19-8-6-5-7-15(17)19/h10,13-15H,3-9,11H2,1-2H3/t13-,14+,15-,17+/m0/s1. The Morgan fingerprint density at radius 1 is 1.38 bits per heavy atom. The van der Waals surface area contributed by atoms with Gasteiger partial charge >= 0.3 is 5.97 Å². The van der Waals surface area contributed by atoms with Gasteiger partial charge in [-0.3, -0.25) is 9.80 Å². The number of carbonyl (C=O) groups is 1. The van der Waals surface area contributed by atoms with Crippen molar-refractivity contribution in [2.45, 2.75) is 69.7 Å². The van der Waals surface area contributed by atoms with E-state index in [0.29, 0.717) is 18.1 Å². The summed E-state index contributed by atoms with van der Waals surface area (Å²) in [5, 5.41) is 0. The van der Waals surface area contributed by atoms with Crippen molar-refractivity contribution in [3.05, 3.63) is 11.6 Å². The minimum absolute atomic E-state index is 0.101. The lowest BCUT2D eigenvalue weighted by Crippen LogP contribution is -2.73. The lowest BCUT2D eigenvalue weighted by molar-refractivity contribution is -0.181. The molecule has 0 aromatic heterocycles. The minimum Gasteiger partial charge on any atom is -0.450 e. The number of ether oxygens (including phenoxy) is 1. The fourth-order valence-corrected chi connectivity index (χ4v) is 5.42. The van der Waals surface area contributed by atoms with Crippen LogP contribution < -0.4 is 0 Å². The smallest absolute Gasteiger partial charge is 0.331 e. The molecule has 0 N–H and O–H groups in total. The van der Waals surface area contributed by atoms with Crippen molar-refractivity contribution < 1.29 is 9.53 Å². The molecule has 4 aliphatic heterocycles. The van der Waals surface area contributed by atoms with Gasteiger partial charge in [0.25, 0.3) is 0 Å². The number of carbonyl (C=O) groups excluding carboxylic acids is 1. The Labute approximate surface area is 127 Å². The van der Waals surface area contributed by atoms with Crippen molar-refractivity contribution in [1.29, 1.82) is 0 Å². The maximum atomic E-state index is 12.0. The van der Waals surface area contributed by atoms with Gasteiger partial charge in [0.05, 0.1) is 6.04 Å². The van der Waals surface area contributed by atoms with Crippen LogP contribution in [0.3, 0.4) is 0 Å². The largest absolute Gasteiger partial charge is 0.450 e. The molecular formula is C17H26N2O2. The van der Waals surface area contributed by atoms with E-state index in [9.17, 15) is 4.79 Å². The Kier molecular flexibility index (Phi) is 3.16. The molecule has 4 atom stereocenters. The van der Waals surface area contributed by atoms with E-state index in [-0.39, 0.29) is 11.6 Å². The number of likely N-dealkylation sites (N-methyl/N-ethyl adjacent to an activating group) is 1. The summed E-state index contributed by atoms with van der Waals surface area (Å²) < 4.78 is 5.98. The molecule has 0 aromatic rings. The topological polar surface area (TPSA) is 32.8 Å². The van der Waals surface area contributed by atoms with Crippen molar-refractivity contribution >= 4 is 5.97 Å². The highest BCUT2D eigenvalue weighted by Crippen LogP contribution is 2.54. The molecule has 21 heavy (non-hydrogen) atoms. The molecule has 1 aliphatic carbocycles. The van der Waals surface area contributed by atoms with Crippen LogP contribution >= 0.6 is 0 Å². The third kappa shape index (κ3) is 1.78. The first kappa shape index (κ1) is 13.8. The highest BCUT2D eigenvalue weighted by atomic mass is 16.6. The second kappa shape index (κ2) is 4.82. The van der Waals surface area contributed by atoms with Crippen LogP contribution in [0.25, 0.3) is 0 Å². The maximum Gasteiger partial charge on any atom is 0.331 e. The monoisotopic (exact) mass is 290 g/mol. The third-order valence-electron chi connectivity index (χ3n) is 6.29. The van der Waals surface area contributed by atoms with Crippen LogP contribution in [0.2, 0.25) is 0 Å². The Morgan fingerprint density at radius 3 is 2.95 bits per heavy atom. The molecular weight excluding hydrogens is 264 g/mol. The average Bonchev–Trinajstić information content (AvgIpc) is 2.84. The highest BCUT2D eigenvalue weighted by Gasteiger charge is 2.63. The predicted molar refractivity (Wildman–Crippen MR) is 81.0 cm³/mol. The van der Waals surface area contributed by atoms with E-state index in [2.05, 4.69) is 23.6 Å². The second-order valence-electron chi connectivity index (χ2n) is 6.99. The van der Waals surface area contributed by atoms with E-state index < -0.39 is 0 Å². The van der Waals surface area contributed by atoms with Gasteiger partial charge in [-0.2, -0.15) is 0 Å². The summed E-state index contributed by atoms with van der Waals surface area (Å²) in [5.74, 6) is -0.101. The van der Waals surface area contributed by atoms with Crippen LogP contribution in [0.15, 0.2) is 11.6 Å². The van der Waals surface area contributed by atoms with Gasteiger partial charge in [0.1, 0.15) is 0 Å². The molecule has 116 valence electrons. The lowest BCUT2D eigenvalue weighted by atomic mass is 9.63. The number of fused-ring (bicyclic) bond motifs is 1. The van der Waals surface area contributed by atoms with E-state index in [1.165, 1.54) is 31.4 Å². The number of hydrogen-bond donors (Lipinski definition) is 0. The van der Waals surface area contributed by atoms with Crippen LogP contribution in [0, 0.1) is 0 Å². The highest BCUT2D eigenvalue weighted by molar-refractivity contribution is 5.87. The second-order valence-corrected chi connectivity index (χ2v) is 6.99. The Balaban J connectivity index is 1.74. The summed E-state index contributed by atoms with van der Waals surface area (Å²) >= 11 is 0. The summed E-state index contributed by atoms with van der Waals surface area (Å²) in [4.78, 5) is 17.2. The number of piperidine rings is 3. The predicted octanol–water partition coefficient (Wildman–Crippen LogP) is 1.95. The number of hydrogen-bond acceptors (Lipinski definition) is 4. The van der Waals surface area contributed by atoms with Crippen LogP contribution in [0.4, 0.5) is 0 Å². The van der Waals surface area contributed by atoms with Gasteiger partial charge in [-0.1, -0.05) is 20.3 Å². The van der Waals surface area contributed by atoms with Gasteiger partial charge in [0.15, 0.2) is 5.60 Å². The first-order valence-electron chi connectivity index (χ1n) is 8.63. The zero-order valence-electron chi connectivity index (χ0n) is 13.2. The fraction of sp³-hybridized carbons (Fsp3) is 0.824. The molecule has 2 bridgehead atoms. The first-order chi connectivity index (χ1) is 10.2. The number of nitrogens with zero attached hydrogens (tertiary/aromatic N) is 2. The van der Waals surface area contributed by atoms with Crippen molar-refractivity contribution in [3.63, 3.8) is 0 Å². The van der Waals surface area contributed by atoms with Crippen LogP contribution in [-0.2, 0) is 9.53 Å². The van der Waals surface area contributed by atoms with Crippen LogP contribution in [-0.4, -0.2) is 59.1 Å². The van der Waals surface area contributed by atoms with Gasteiger partial charge in [0.2, 0.25) is 0 Å². The minimum atomic E-state index is -0.292. The van der Waals surface area contributed by atoms with Crippen molar-refractivity contribution in [1.82, 2.24) is 9.80 Å². The quantitative estimate of drug-likeness (QED) is 0.744. The summed E-state index contributed by atoms with van der Waals surface area (Å²) in [7, 11) is 0. The lowest BCUT2D eigenvalue weighted by Gasteiger charge is -2.62.